The van der Waals surface area contributed by atoms with Gasteiger partial charge in [0.05, 0.1) is 32.0 Å². The van der Waals surface area contributed by atoms with Gasteiger partial charge < -0.3 is 28.3 Å². The molecule has 0 N–H and O–H groups in total. The highest BCUT2D eigenvalue weighted by Gasteiger charge is 2.20. The number of halogens is 2. The second kappa shape index (κ2) is 14.6. The summed E-state index contributed by atoms with van der Waals surface area (Å²) in [6.45, 7) is 0.726. The Morgan fingerprint density at radius 3 is 2.02 bits per heavy atom. The van der Waals surface area contributed by atoms with Crippen LogP contribution in [0.5, 0.6) is 23.0 Å². The number of aromatic nitrogens is 1. The third kappa shape index (κ3) is 7.59. The van der Waals surface area contributed by atoms with Crippen LogP contribution in [0.25, 0.3) is 10.9 Å². The maximum atomic E-state index is 12.9. The molecule has 224 valence electrons. The highest BCUT2D eigenvalue weighted by atomic mass is 35.5. The fourth-order valence-electron chi connectivity index (χ4n) is 4.59. The molecule has 0 fully saturated rings. The number of methoxy groups -OCH3 is 2. The van der Waals surface area contributed by atoms with Crippen LogP contribution in [0.15, 0.2) is 91.0 Å². The van der Waals surface area contributed by atoms with Crippen LogP contribution in [0.3, 0.4) is 0 Å². The summed E-state index contributed by atoms with van der Waals surface area (Å²) in [7, 11) is 3.23. The van der Waals surface area contributed by atoms with Crippen LogP contribution in [0.2, 0.25) is 10.0 Å². The molecule has 0 aliphatic rings. The third-order valence-electron chi connectivity index (χ3n) is 6.82. The van der Waals surface area contributed by atoms with Gasteiger partial charge in [-0.25, -0.2) is 4.79 Å². The lowest BCUT2D eigenvalue weighted by atomic mass is 10.1. The smallest absolute Gasteiger partial charge is 0.338 e. The molecule has 0 aliphatic carbocycles. The number of benzene rings is 4. The van der Waals surface area contributed by atoms with Crippen molar-refractivity contribution in [3.63, 3.8) is 0 Å². The van der Waals surface area contributed by atoms with E-state index in [0.717, 1.165) is 33.7 Å². The van der Waals surface area contributed by atoms with E-state index in [1.165, 1.54) is 0 Å². The summed E-state index contributed by atoms with van der Waals surface area (Å²) >= 11 is 12.5. The number of hydrogen-bond acceptors (Lipinski definition) is 6. The zero-order chi connectivity index (χ0) is 30.9. The monoisotopic (exact) mass is 629 g/mol. The molecule has 0 bridgehead atoms. The van der Waals surface area contributed by atoms with Crippen molar-refractivity contribution in [3.05, 3.63) is 118 Å². The summed E-state index contributed by atoms with van der Waals surface area (Å²) in [5.74, 6) is 8.61. The summed E-state index contributed by atoms with van der Waals surface area (Å²) < 4.78 is 30.2. The predicted molar refractivity (Wildman–Crippen MR) is 171 cm³/mol. The van der Waals surface area contributed by atoms with Crippen LogP contribution in [0.4, 0.5) is 0 Å². The number of hydrogen-bond donors (Lipinski definition) is 0. The second-order valence-electron chi connectivity index (χ2n) is 9.54. The van der Waals surface area contributed by atoms with Crippen LogP contribution in [0, 0.1) is 11.8 Å². The lowest BCUT2D eigenvalue weighted by Gasteiger charge is -2.13. The molecule has 5 rings (SSSR count). The fourth-order valence-corrected chi connectivity index (χ4v) is 4.96. The second-order valence-corrected chi connectivity index (χ2v) is 10.4. The van der Waals surface area contributed by atoms with Gasteiger partial charge in [0.15, 0.2) is 0 Å². The molecule has 44 heavy (non-hydrogen) atoms. The molecular formula is C35H29Cl2NO6. The van der Waals surface area contributed by atoms with E-state index in [9.17, 15) is 4.79 Å². The first kappa shape index (κ1) is 30.7. The molecule has 0 atom stereocenters. The van der Waals surface area contributed by atoms with Gasteiger partial charge in [-0.3, -0.25) is 0 Å². The molecule has 0 aliphatic heterocycles. The number of ether oxygens (including phenoxy) is 5. The van der Waals surface area contributed by atoms with Gasteiger partial charge in [-0.1, -0.05) is 41.1 Å². The molecule has 0 radical (unpaired) electrons. The summed E-state index contributed by atoms with van der Waals surface area (Å²) in [5, 5.41) is 1.84. The average Bonchev–Trinajstić information content (AvgIpc) is 3.33. The van der Waals surface area contributed by atoms with E-state index in [1.54, 1.807) is 38.5 Å². The first-order chi connectivity index (χ1) is 21.4. The van der Waals surface area contributed by atoms with E-state index >= 15 is 0 Å². The largest absolute Gasteiger partial charge is 0.497 e. The van der Waals surface area contributed by atoms with Crippen LogP contribution in [-0.2, 0) is 24.5 Å². The van der Waals surface area contributed by atoms with Gasteiger partial charge in [0.1, 0.15) is 42.8 Å². The summed E-state index contributed by atoms with van der Waals surface area (Å²) in [6.07, 6.45) is 0. The first-order valence-electron chi connectivity index (χ1n) is 13.7. The lowest BCUT2D eigenvalue weighted by molar-refractivity contribution is 0.0472. The van der Waals surface area contributed by atoms with Crippen molar-refractivity contribution in [2.24, 2.45) is 0 Å². The fraction of sp³-hybridized carbons (Fsp3) is 0.171. The SMILES string of the molecule is COc1ccc(OCC#CCn2c(COc3ccc(OC)cc3)c(COC(=O)c3cccc(Cl)c3)c3cc(Cl)ccc32)cc1. The maximum Gasteiger partial charge on any atom is 0.338 e. The standard InChI is InChI=1S/C35H29Cl2NO6/c1-40-27-9-13-29(14-10-27)42-19-4-3-18-38-33-17-8-26(37)21-31(33)32(22-44-35(39)24-6-5-7-25(36)20-24)34(38)23-43-30-15-11-28(41-2)12-16-30/h5-17,20-21H,18-19,22-23H2,1-2H3. The van der Waals surface area contributed by atoms with E-state index in [-0.39, 0.29) is 19.8 Å². The number of rotatable bonds is 11. The Bertz CT molecular complexity index is 1800. The highest BCUT2D eigenvalue weighted by molar-refractivity contribution is 6.31. The Balaban J connectivity index is 1.42. The number of esters is 1. The van der Waals surface area contributed by atoms with Crippen LogP contribution >= 0.6 is 23.2 Å². The van der Waals surface area contributed by atoms with E-state index in [2.05, 4.69) is 11.8 Å². The van der Waals surface area contributed by atoms with Gasteiger partial charge in [-0.05, 0) is 84.9 Å². The summed E-state index contributed by atoms with van der Waals surface area (Å²) in [6, 6.07) is 26.9. The normalized spacial score (nSPS) is 10.5. The average molecular weight is 631 g/mol. The number of nitrogens with zero attached hydrogens (tertiary/aromatic N) is 1. The van der Waals surface area contributed by atoms with Crippen molar-refractivity contribution < 1.29 is 28.5 Å². The molecule has 0 saturated heterocycles. The van der Waals surface area contributed by atoms with E-state index in [0.29, 0.717) is 33.7 Å². The minimum atomic E-state index is -0.493. The van der Waals surface area contributed by atoms with Crippen molar-refractivity contribution in [2.75, 3.05) is 20.8 Å². The minimum absolute atomic E-state index is 0.00942. The minimum Gasteiger partial charge on any atom is -0.497 e. The molecule has 9 heteroatoms. The van der Waals surface area contributed by atoms with Crippen molar-refractivity contribution in [3.8, 4) is 34.8 Å². The van der Waals surface area contributed by atoms with Gasteiger partial charge in [0.2, 0.25) is 0 Å². The molecule has 0 amide bonds. The van der Waals surface area contributed by atoms with Crippen LogP contribution in [0.1, 0.15) is 21.6 Å². The topological polar surface area (TPSA) is 68.2 Å². The van der Waals surface area contributed by atoms with Gasteiger partial charge in [0, 0.05) is 26.5 Å². The quantitative estimate of drug-likeness (QED) is 0.109. The van der Waals surface area contributed by atoms with Gasteiger partial charge in [0.25, 0.3) is 0 Å². The molecule has 7 nitrogen and oxygen atoms in total. The lowest BCUT2D eigenvalue weighted by Crippen LogP contribution is -2.10. The van der Waals surface area contributed by atoms with Crippen LogP contribution < -0.4 is 18.9 Å². The molecule has 0 unspecified atom stereocenters. The molecule has 5 aromatic rings. The third-order valence-corrected chi connectivity index (χ3v) is 7.29. The Morgan fingerprint density at radius 2 is 1.36 bits per heavy atom. The summed E-state index contributed by atoms with van der Waals surface area (Å²) in [5.41, 5.74) is 2.80. The van der Waals surface area contributed by atoms with Crippen molar-refractivity contribution >= 4 is 40.1 Å². The molecule has 1 heterocycles. The summed E-state index contributed by atoms with van der Waals surface area (Å²) in [4.78, 5) is 12.9. The van der Waals surface area contributed by atoms with Crippen LogP contribution in [-0.4, -0.2) is 31.4 Å². The van der Waals surface area contributed by atoms with Gasteiger partial charge in [-0.2, -0.15) is 0 Å². The van der Waals surface area contributed by atoms with Gasteiger partial charge in [-0.15, -0.1) is 0 Å². The van der Waals surface area contributed by atoms with Crippen molar-refractivity contribution in [1.82, 2.24) is 4.57 Å². The first-order valence-corrected chi connectivity index (χ1v) is 14.4. The van der Waals surface area contributed by atoms with Crippen molar-refractivity contribution in [2.45, 2.75) is 19.8 Å². The Labute approximate surface area is 265 Å². The number of carbonyl (C=O) groups is 1. The zero-order valence-electron chi connectivity index (χ0n) is 24.1. The molecular weight excluding hydrogens is 601 g/mol. The molecule has 0 spiro atoms. The van der Waals surface area contributed by atoms with Gasteiger partial charge >= 0.3 is 5.97 Å². The van der Waals surface area contributed by atoms with E-state index in [4.69, 9.17) is 46.9 Å². The number of carbonyl (C=O) groups excluding carboxylic acids is 1. The Kier molecular flexibility index (Phi) is 10.2. The van der Waals surface area contributed by atoms with Crippen molar-refractivity contribution in [1.29, 1.82) is 0 Å². The number of fused-ring (bicyclic) bond motifs is 1. The highest BCUT2D eigenvalue weighted by Crippen LogP contribution is 2.31. The Hall–Kier alpha value is -4.77. The maximum absolute atomic E-state index is 12.9. The molecule has 0 saturated carbocycles. The predicted octanol–water partition coefficient (Wildman–Crippen LogP) is 7.98. The van der Waals surface area contributed by atoms with E-state index < -0.39 is 5.97 Å². The Morgan fingerprint density at radius 1 is 0.727 bits per heavy atom. The molecule has 4 aromatic carbocycles. The molecule has 1 aromatic heterocycles. The van der Waals surface area contributed by atoms with E-state index in [1.807, 2.05) is 71.3 Å². The zero-order valence-corrected chi connectivity index (χ0v) is 25.7.